The van der Waals surface area contributed by atoms with E-state index in [-0.39, 0.29) is 22.4 Å². The Morgan fingerprint density at radius 1 is 1.06 bits per heavy atom. The number of nitrogens with zero attached hydrogens (tertiary/aromatic N) is 5. The second kappa shape index (κ2) is 11.5. The summed E-state index contributed by atoms with van der Waals surface area (Å²) in [5, 5.41) is 11.8. The smallest absolute Gasteiger partial charge is 0.293 e. The molecule has 1 aromatic carbocycles. The summed E-state index contributed by atoms with van der Waals surface area (Å²) in [4.78, 5) is 30.4. The molecule has 0 N–H and O–H groups in total. The third kappa shape index (κ3) is 5.69. The van der Waals surface area contributed by atoms with Crippen LogP contribution in [-0.2, 0) is 14.8 Å². The molecule has 0 radical (unpaired) electrons. The predicted octanol–water partition coefficient (Wildman–Crippen LogP) is 2.40. The highest BCUT2D eigenvalue weighted by molar-refractivity contribution is 7.89. The summed E-state index contributed by atoms with van der Waals surface area (Å²) in [6.07, 6.45) is 2.88. The minimum atomic E-state index is -3.79. The zero-order valence-electron chi connectivity index (χ0n) is 20.5. The lowest BCUT2D eigenvalue weighted by Crippen LogP contribution is -2.51. The van der Waals surface area contributed by atoms with Crippen LogP contribution >= 0.6 is 0 Å². The Labute approximate surface area is 202 Å². The highest BCUT2D eigenvalue weighted by Crippen LogP contribution is 2.33. The number of hydrogen-bond donors (Lipinski definition) is 0. The van der Waals surface area contributed by atoms with Crippen LogP contribution in [0.5, 0.6) is 0 Å². The van der Waals surface area contributed by atoms with Gasteiger partial charge in [-0.15, -0.1) is 0 Å². The Morgan fingerprint density at radius 2 is 1.68 bits per heavy atom. The molecule has 2 heterocycles. The number of anilines is 1. The number of piperidine rings is 1. The van der Waals surface area contributed by atoms with Crippen LogP contribution in [0.25, 0.3) is 0 Å². The minimum Gasteiger partial charge on any atom is -0.362 e. The van der Waals surface area contributed by atoms with Gasteiger partial charge in [-0.25, -0.2) is 8.42 Å². The maximum atomic E-state index is 13.0. The number of carbonyl (C=O) groups excluding carboxylic acids is 1. The van der Waals surface area contributed by atoms with Gasteiger partial charge >= 0.3 is 0 Å². The van der Waals surface area contributed by atoms with Crippen LogP contribution in [0.1, 0.15) is 40.0 Å². The molecule has 10 nitrogen and oxygen atoms in total. The van der Waals surface area contributed by atoms with Gasteiger partial charge in [-0.05, 0) is 51.0 Å². The van der Waals surface area contributed by atoms with Crippen LogP contribution < -0.4 is 4.90 Å². The SMILES string of the molecule is CCCN1CCC(C(=O)N2CCN(c3ccc(S(=O)(=O)N(CC)CC)cc3[N+](=O)[O-])CC2)CC1. The molecule has 2 aliphatic heterocycles. The van der Waals surface area contributed by atoms with Crippen molar-refractivity contribution in [1.82, 2.24) is 14.1 Å². The average molecular weight is 496 g/mol. The van der Waals surface area contributed by atoms with E-state index in [1.165, 1.54) is 16.4 Å². The Hall–Kier alpha value is -2.24. The van der Waals surface area contributed by atoms with E-state index in [2.05, 4.69) is 11.8 Å². The van der Waals surface area contributed by atoms with Crippen LogP contribution in [0.4, 0.5) is 11.4 Å². The number of sulfonamides is 1. The van der Waals surface area contributed by atoms with Gasteiger partial charge in [0.15, 0.2) is 0 Å². The second-order valence-electron chi connectivity index (χ2n) is 8.93. The summed E-state index contributed by atoms with van der Waals surface area (Å²) in [6.45, 7) is 11.2. The van der Waals surface area contributed by atoms with Crippen molar-refractivity contribution in [2.45, 2.75) is 44.9 Å². The minimum absolute atomic E-state index is 0.0542. The van der Waals surface area contributed by atoms with E-state index < -0.39 is 14.9 Å². The summed E-state index contributed by atoms with van der Waals surface area (Å²) >= 11 is 0. The van der Waals surface area contributed by atoms with Gasteiger partial charge in [0.25, 0.3) is 5.69 Å². The monoisotopic (exact) mass is 495 g/mol. The largest absolute Gasteiger partial charge is 0.362 e. The highest BCUT2D eigenvalue weighted by Gasteiger charge is 2.32. The van der Waals surface area contributed by atoms with Crippen molar-refractivity contribution in [3.05, 3.63) is 28.3 Å². The normalized spacial score (nSPS) is 18.5. The zero-order valence-corrected chi connectivity index (χ0v) is 21.3. The molecule has 11 heteroatoms. The molecule has 1 amide bonds. The average Bonchev–Trinajstić information content (AvgIpc) is 2.84. The van der Waals surface area contributed by atoms with E-state index in [0.29, 0.717) is 45.0 Å². The second-order valence-corrected chi connectivity index (χ2v) is 10.9. The van der Waals surface area contributed by atoms with Gasteiger partial charge < -0.3 is 14.7 Å². The summed E-state index contributed by atoms with van der Waals surface area (Å²) in [6, 6.07) is 4.12. The van der Waals surface area contributed by atoms with Crippen molar-refractivity contribution in [3.8, 4) is 0 Å². The van der Waals surface area contributed by atoms with Crippen molar-refractivity contribution in [2.24, 2.45) is 5.92 Å². The van der Waals surface area contributed by atoms with E-state index >= 15 is 0 Å². The quantitative estimate of drug-likeness (QED) is 0.382. The summed E-state index contributed by atoms with van der Waals surface area (Å²) < 4.78 is 26.9. The first-order valence-corrected chi connectivity index (χ1v) is 13.7. The summed E-state index contributed by atoms with van der Waals surface area (Å²) in [5.74, 6) is 0.240. The number of nitro groups is 1. The predicted molar refractivity (Wildman–Crippen MR) is 131 cm³/mol. The number of likely N-dealkylation sites (tertiary alicyclic amines) is 1. The maximum absolute atomic E-state index is 13.0. The van der Waals surface area contributed by atoms with Gasteiger partial charge in [-0.3, -0.25) is 14.9 Å². The van der Waals surface area contributed by atoms with Crippen molar-refractivity contribution in [3.63, 3.8) is 0 Å². The third-order valence-electron chi connectivity index (χ3n) is 6.90. The van der Waals surface area contributed by atoms with E-state index in [1.807, 2.05) is 9.80 Å². The number of rotatable bonds is 9. The number of carbonyl (C=O) groups is 1. The molecule has 2 fully saturated rings. The molecule has 0 aromatic heterocycles. The fourth-order valence-corrected chi connectivity index (χ4v) is 6.41. The van der Waals surface area contributed by atoms with Crippen LogP contribution in [0.15, 0.2) is 23.1 Å². The van der Waals surface area contributed by atoms with E-state index in [4.69, 9.17) is 0 Å². The van der Waals surface area contributed by atoms with Crippen molar-refractivity contribution in [1.29, 1.82) is 0 Å². The molecule has 0 spiro atoms. The lowest BCUT2D eigenvalue weighted by Gasteiger charge is -2.39. The molecule has 0 saturated carbocycles. The molecular weight excluding hydrogens is 458 g/mol. The number of amides is 1. The Balaban J connectivity index is 1.68. The number of benzene rings is 1. The van der Waals surface area contributed by atoms with E-state index in [9.17, 15) is 23.3 Å². The van der Waals surface area contributed by atoms with Gasteiger partial charge in [-0.2, -0.15) is 4.31 Å². The maximum Gasteiger partial charge on any atom is 0.293 e. The summed E-state index contributed by atoms with van der Waals surface area (Å²) in [5.41, 5.74) is 0.166. The van der Waals surface area contributed by atoms with Gasteiger partial charge in [0.1, 0.15) is 5.69 Å². The third-order valence-corrected chi connectivity index (χ3v) is 8.94. The lowest BCUT2D eigenvalue weighted by molar-refractivity contribution is -0.384. The molecule has 1 aromatic rings. The van der Waals surface area contributed by atoms with Gasteiger partial charge in [0.2, 0.25) is 15.9 Å². The molecule has 0 atom stereocenters. The van der Waals surface area contributed by atoms with Crippen molar-refractivity contribution in [2.75, 3.05) is 63.8 Å². The van der Waals surface area contributed by atoms with E-state index in [0.717, 1.165) is 45.0 Å². The molecule has 190 valence electrons. The van der Waals surface area contributed by atoms with Crippen LogP contribution in [-0.4, -0.2) is 92.3 Å². The first kappa shape index (κ1) is 26.4. The Morgan fingerprint density at radius 3 is 2.21 bits per heavy atom. The fourth-order valence-electron chi connectivity index (χ4n) is 4.94. The van der Waals surface area contributed by atoms with Crippen LogP contribution in [0.2, 0.25) is 0 Å². The van der Waals surface area contributed by atoms with Crippen LogP contribution in [0.3, 0.4) is 0 Å². The van der Waals surface area contributed by atoms with E-state index in [1.54, 1.807) is 13.8 Å². The van der Waals surface area contributed by atoms with Gasteiger partial charge in [-0.1, -0.05) is 20.8 Å². The zero-order chi connectivity index (χ0) is 24.9. The number of nitro benzene ring substituents is 1. The number of piperazine rings is 1. The molecule has 0 bridgehead atoms. The lowest BCUT2D eigenvalue weighted by atomic mass is 9.95. The van der Waals surface area contributed by atoms with Gasteiger partial charge in [0, 0.05) is 51.3 Å². The molecule has 2 aliphatic rings. The Kier molecular flexibility index (Phi) is 8.89. The van der Waals surface area contributed by atoms with Crippen LogP contribution in [0, 0.1) is 16.0 Å². The molecule has 0 unspecified atom stereocenters. The van der Waals surface area contributed by atoms with Gasteiger partial charge in [0.05, 0.1) is 9.82 Å². The molecule has 3 rings (SSSR count). The Bertz CT molecular complexity index is 966. The molecule has 2 saturated heterocycles. The topological polar surface area (TPSA) is 107 Å². The first-order chi connectivity index (χ1) is 16.2. The number of hydrogen-bond acceptors (Lipinski definition) is 7. The standard InChI is InChI=1S/C23H37N5O5S/c1-4-11-24-12-9-19(10-13-24)23(29)26-16-14-25(15-17-26)21-8-7-20(18-22(21)28(30)31)34(32,33)27(5-2)6-3/h7-8,18-19H,4-6,9-17H2,1-3H3. The molecular formula is C23H37N5O5S. The first-order valence-electron chi connectivity index (χ1n) is 12.3. The van der Waals surface area contributed by atoms with Crippen molar-refractivity contribution >= 4 is 27.3 Å². The highest BCUT2D eigenvalue weighted by atomic mass is 32.2. The van der Waals surface area contributed by atoms with Crippen molar-refractivity contribution < 1.29 is 18.1 Å². The molecule has 34 heavy (non-hydrogen) atoms. The fraction of sp³-hybridized carbons (Fsp3) is 0.696. The summed E-state index contributed by atoms with van der Waals surface area (Å²) in [7, 11) is -3.79. The molecule has 0 aliphatic carbocycles.